The molecule has 0 aromatic heterocycles. The Morgan fingerprint density at radius 2 is 1.81 bits per heavy atom. The number of hydrogen-bond donors (Lipinski definition) is 0. The zero-order valence-electron chi connectivity index (χ0n) is 12.4. The number of nitrogens with zero attached hydrogens (tertiary/aromatic N) is 1. The third-order valence-electron chi connectivity index (χ3n) is 3.12. The molecule has 0 aliphatic rings. The van der Waals surface area contributed by atoms with Crippen LogP contribution in [0.15, 0.2) is 18.2 Å². The van der Waals surface area contributed by atoms with E-state index in [4.69, 9.17) is 23.2 Å². The van der Waals surface area contributed by atoms with Crippen LogP contribution in [0.2, 0.25) is 10.0 Å². The number of halogens is 2. The van der Waals surface area contributed by atoms with Crippen LogP contribution >= 0.6 is 23.2 Å². The summed E-state index contributed by atoms with van der Waals surface area (Å²) in [6, 6.07) is 5.10. The van der Waals surface area contributed by atoms with E-state index in [0.717, 1.165) is 0 Å². The third kappa shape index (κ3) is 5.21. The second-order valence-corrected chi connectivity index (χ2v) is 5.70. The molecule has 0 fully saturated rings. The van der Waals surface area contributed by atoms with Crippen LogP contribution in [0.5, 0.6) is 0 Å². The first-order valence-corrected chi connectivity index (χ1v) is 7.41. The Bertz CT molecular complexity index is 497. The summed E-state index contributed by atoms with van der Waals surface area (Å²) in [5, 5.41) is 0.931. The average Bonchev–Trinajstić information content (AvgIpc) is 2.42. The highest BCUT2D eigenvalue weighted by Gasteiger charge is 2.20. The fourth-order valence-electron chi connectivity index (χ4n) is 1.94. The molecule has 0 saturated carbocycles. The van der Waals surface area contributed by atoms with Crippen LogP contribution in [0.3, 0.4) is 0 Å². The van der Waals surface area contributed by atoms with Crippen LogP contribution in [0.25, 0.3) is 0 Å². The Kier molecular flexibility index (Phi) is 6.99. The molecule has 0 spiro atoms. The molecule has 1 aromatic carbocycles. The van der Waals surface area contributed by atoms with E-state index < -0.39 is 0 Å². The Hall–Kier alpha value is -1.26. The van der Waals surface area contributed by atoms with Gasteiger partial charge in [0.2, 0.25) is 5.91 Å². The van der Waals surface area contributed by atoms with E-state index in [1.165, 1.54) is 7.11 Å². The third-order valence-corrected chi connectivity index (χ3v) is 3.83. The lowest BCUT2D eigenvalue weighted by Gasteiger charge is -2.26. The zero-order valence-corrected chi connectivity index (χ0v) is 13.9. The molecule has 0 heterocycles. The highest BCUT2D eigenvalue weighted by Crippen LogP contribution is 2.25. The number of carbonyl (C=O) groups excluding carboxylic acids is 2. The van der Waals surface area contributed by atoms with E-state index >= 15 is 0 Å². The maximum atomic E-state index is 12.4. The zero-order chi connectivity index (χ0) is 16.0. The van der Waals surface area contributed by atoms with E-state index in [2.05, 4.69) is 4.74 Å². The Balaban J connectivity index is 2.80. The summed E-state index contributed by atoms with van der Waals surface area (Å²) in [6.07, 6.45) is 0.272. The lowest BCUT2D eigenvalue weighted by Crippen LogP contribution is -2.39. The van der Waals surface area contributed by atoms with Gasteiger partial charge in [0.05, 0.1) is 20.0 Å². The van der Waals surface area contributed by atoms with Crippen LogP contribution in [0.1, 0.15) is 25.8 Å². The number of ether oxygens (including phenoxy) is 1. The maximum absolute atomic E-state index is 12.4. The van der Waals surface area contributed by atoms with Crippen molar-refractivity contribution in [2.75, 3.05) is 13.7 Å². The van der Waals surface area contributed by atoms with E-state index in [-0.39, 0.29) is 30.8 Å². The summed E-state index contributed by atoms with van der Waals surface area (Å²) < 4.78 is 4.60. The molecule has 1 rings (SSSR count). The van der Waals surface area contributed by atoms with Crippen molar-refractivity contribution in [1.82, 2.24) is 4.90 Å². The molecule has 1 amide bonds. The maximum Gasteiger partial charge on any atom is 0.307 e. The first-order valence-electron chi connectivity index (χ1n) is 6.66. The molecule has 0 unspecified atom stereocenters. The quantitative estimate of drug-likeness (QED) is 0.751. The predicted octanol–water partition coefficient (Wildman–Crippen LogP) is 3.34. The summed E-state index contributed by atoms with van der Waals surface area (Å²) in [6.45, 7) is 4.10. The molecule has 0 atom stereocenters. The second kappa shape index (κ2) is 8.25. The van der Waals surface area contributed by atoms with Crippen molar-refractivity contribution in [2.24, 2.45) is 0 Å². The van der Waals surface area contributed by atoms with Gasteiger partial charge in [0.25, 0.3) is 0 Å². The van der Waals surface area contributed by atoms with Gasteiger partial charge in [-0.25, -0.2) is 0 Å². The molecule has 116 valence electrons. The van der Waals surface area contributed by atoms with Gasteiger partial charge in [-0.1, -0.05) is 29.3 Å². The number of rotatable bonds is 6. The Labute approximate surface area is 135 Å². The molecular formula is C15H19Cl2NO3. The first kappa shape index (κ1) is 17.8. The highest BCUT2D eigenvalue weighted by atomic mass is 35.5. The van der Waals surface area contributed by atoms with E-state index in [0.29, 0.717) is 22.2 Å². The summed E-state index contributed by atoms with van der Waals surface area (Å²) in [5.41, 5.74) is 0.606. The van der Waals surface area contributed by atoms with Gasteiger partial charge >= 0.3 is 5.97 Å². The van der Waals surface area contributed by atoms with E-state index in [1.807, 2.05) is 13.8 Å². The molecule has 0 radical (unpaired) electrons. The molecule has 0 saturated heterocycles. The van der Waals surface area contributed by atoms with Gasteiger partial charge in [0, 0.05) is 22.6 Å². The molecule has 6 heteroatoms. The van der Waals surface area contributed by atoms with Crippen LogP contribution < -0.4 is 0 Å². The largest absolute Gasteiger partial charge is 0.469 e. The number of methoxy groups -OCH3 is 1. The van der Waals surface area contributed by atoms with Crippen LogP contribution in [0, 0.1) is 0 Å². The number of amides is 1. The number of hydrogen-bond acceptors (Lipinski definition) is 3. The van der Waals surface area contributed by atoms with Gasteiger partial charge in [-0.05, 0) is 31.5 Å². The predicted molar refractivity (Wildman–Crippen MR) is 83.6 cm³/mol. The van der Waals surface area contributed by atoms with Crippen molar-refractivity contribution < 1.29 is 14.3 Å². The second-order valence-electron chi connectivity index (χ2n) is 4.88. The van der Waals surface area contributed by atoms with E-state index in [1.54, 1.807) is 23.1 Å². The van der Waals surface area contributed by atoms with Crippen molar-refractivity contribution in [3.63, 3.8) is 0 Å². The van der Waals surface area contributed by atoms with E-state index in [9.17, 15) is 9.59 Å². The smallest absolute Gasteiger partial charge is 0.307 e. The minimum atomic E-state index is -0.343. The molecule has 4 nitrogen and oxygen atoms in total. The van der Waals surface area contributed by atoms with Crippen molar-refractivity contribution in [1.29, 1.82) is 0 Å². The Morgan fingerprint density at radius 3 is 2.29 bits per heavy atom. The molecular weight excluding hydrogens is 313 g/mol. The van der Waals surface area contributed by atoms with Crippen LogP contribution in [-0.4, -0.2) is 36.5 Å². The molecule has 0 bridgehead atoms. The monoisotopic (exact) mass is 331 g/mol. The van der Waals surface area contributed by atoms with Crippen LogP contribution in [0.4, 0.5) is 0 Å². The SMILES string of the molecule is COC(=O)CCN(C(=O)Cc1c(Cl)cccc1Cl)C(C)C. The Morgan fingerprint density at radius 1 is 1.24 bits per heavy atom. The number of benzene rings is 1. The molecule has 0 aliphatic carbocycles. The van der Waals surface area contributed by atoms with Gasteiger partial charge in [-0.15, -0.1) is 0 Å². The number of carbonyl (C=O) groups is 2. The molecule has 0 N–H and O–H groups in total. The van der Waals surface area contributed by atoms with Gasteiger partial charge in [-0.2, -0.15) is 0 Å². The minimum absolute atomic E-state index is 0.0246. The fourth-order valence-corrected chi connectivity index (χ4v) is 2.47. The van der Waals surface area contributed by atoms with Crippen molar-refractivity contribution >= 4 is 35.1 Å². The molecule has 1 aromatic rings. The summed E-state index contributed by atoms with van der Waals surface area (Å²) in [7, 11) is 1.33. The first-order chi connectivity index (χ1) is 9.86. The minimum Gasteiger partial charge on any atom is -0.469 e. The van der Waals surface area contributed by atoms with Crippen molar-refractivity contribution in [3.05, 3.63) is 33.8 Å². The van der Waals surface area contributed by atoms with Crippen molar-refractivity contribution in [3.8, 4) is 0 Å². The van der Waals surface area contributed by atoms with Gasteiger partial charge in [-0.3, -0.25) is 9.59 Å². The summed E-state index contributed by atoms with van der Waals surface area (Å²) >= 11 is 12.2. The average molecular weight is 332 g/mol. The van der Waals surface area contributed by atoms with Crippen LogP contribution in [-0.2, 0) is 20.7 Å². The summed E-state index contributed by atoms with van der Waals surface area (Å²) in [4.78, 5) is 25.3. The normalized spacial score (nSPS) is 10.6. The summed E-state index contributed by atoms with van der Waals surface area (Å²) in [5.74, 6) is -0.465. The lowest BCUT2D eigenvalue weighted by molar-refractivity contribution is -0.142. The fraction of sp³-hybridized carbons (Fsp3) is 0.467. The highest BCUT2D eigenvalue weighted by molar-refractivity contribution is 6.36. The number of esters is 1. The van der Waals surface area contributed by atoms with Crippen molar-refractivity contribution in [2.45, 2.75) is 32.7 Å². The standard InChI is InChI=1S/C15H19Cl2NO3/c1-10(2)18(8-7-15(20)21-3)14(19)9-11-12(16)5-4-6-13(11)17/h4-6,10H,7-9H2,1-3H3. The molecule has 0 aliphatic heterocycles. The van der Waals surface area contributed by atoms with Gasteiger partial charge in [0.15, 0.2) is 0 Å². The lowest BCUT2D eigenvalue weighted by atomic mass is 10.1. The van der Waals surface area contributed by atoms with Gasteiger partial charge in [0.1, 0.15) is 0 Å². The topological polar surface area (TPSA) is 46.6 Å². The van der Waals surface area contributed by atoms with Gasteiger partial charge < -0.3 is 9.64 Å². The molecule has 21 heavy (non-hydrogen) atoms.